The molecule has 0 fully saturated rings. The first kappa shape index (κ1) is 9.93. The number of aliphatic hydroxyl groups is 1. The summed E-state index contributed by atoms with van der Waals surface area (Å²) in [6.45, 7) is 2.00. The molecule has 1 aromatic heterocycles. The van der Waals surface area contributed by atoms with Crippen molar-refractivity contribution in [3.8, 4) is 0 Å². The highest BCUT2D eigenvalue weighted by Crippen LogP contribution is 2.25. The Morgan fingerprint density at radius 3 is 2.60 bits per heavy atom. The molecule has 0 aliphatic heterocycles. The van der Waals surface area contributed by atoms with Gasteiger partial charge >= 0.3 is 0 Å². The maximum absolute atomic E-state index is 10.1. The fraction of sp³-hybridized carbons (Fsp3) is 0.250. The predicted molar refractivity (Wildman–Crippen MR) is 58.3 cm³/mol. The lowest BCUT2D eigenvalue weighted by Crippen LogP contribution is -2.13. The van der Waals surface area contributed by atoms with Gasteiger partial charge in [0, 0.05) is 18.3 Å². The van der Waals surface area contributed by atoms with E-state index in [0.29, 0.717) is 0 Å². The number of imidazole rings is 1. The van der Waals surface area contributed by atoms with Gasteiger partial charge in [-0.05, 0) is 5.56 Å². The summed E-state index contributed by atoms with van der Waals surface area (Å²) in [7, 11) is 0. The minimum atomic E-state index is -0.560. The number of hydrogen-bond donors (Lipinski definition) is 1. The zero-order valence-corrected chi connectivity index (χ0v) is 8.62. The third-order valence-corrected chi connectivity index (χ3v) is 2.60. The number of aliphatic hydroxyl groups excluding tert-OH is 1. The lowest BCUT2D eigenvalue weighted by atomic mass is 9.99. The summed E-state index contributed by atoms with van der Waals surface area (Å²) >= 11 is 0. The van der Waals surface area contributed by atoms with E-state index in [1.165, 1.54) is 0 Å². The smallest absolute Gasteiger partial charge is 0.138 e. The van der Waals surface area contributed by atoms with Crippen molar-refractivity contribution >= 4 is 0 Å². The van der Waals surface area contributed by atoms with Crippen LogP contribution in [0, 0.1) is 0 Å². The lowest BCUT2D eigenvalue weighted by molar-refractivity contribution is 0.0795. The molecule has 15 heavy (non-hydrogen) atoms. The first-order valence-electron chi connectivity index (χ1n) is 4.99. The molecule has 0 radical (unpaired) electrons. The van der Waals surface area contributed by atoms with Crippen molar-refractivity contribution < 1.29 is 5.11 Å². The Hall–Kier alpha value is -1.61. The highest BCUT2D eigenvalue weighted by atomic mass is 16.3. The van der Waals surface area contributed by atoms with Crippen LogP contribution in [-0.2, 0) is 0 Å². The number of nitrogens with zero attached hydrogens (tertiary/aromatic N) is 2. The van der Waals surface area contributed by atoms with Crippen LogP contribution in [0.2, 0.25) is 0 Å². The van der Waals surface area contributed by atoms with Gasteiger partial charge in [-0.1, -0.05) is 37.3 Å². The summed E-state index contributed by atoms with van der Waals surface area (Å²) in [4.78, 5) is 3.92. The molecule has 0 saturated carbocycles. The van der Waals surface area contributed by atoms with Crippen LogP contribution in [0.25, 0.3) is 0 Å². The predicted octanol–water partition coefficient (Wildman–Crippen LogP) is 2.18. The van der Waals surface area contributed by atoms with Crippen LogP contribution in [0.5, 0.6) is 0 Å². The van der Waals surface area contributed by atoms with E-state index in [4.69, 9.17) is 0 Å². The second-order valence-electron chi connectivity index (χ2n) is 3.62. The molecule has 0 saturated heterocycles. The van der Waals surface area contributed by atoms with E-state index in [-0.39, 0.29) is 5.92 Å². The molecule has 0 bridgehead atoms. The maximum atomic E-state index is 10.1. The highest BCUT2D eigenvalue weighted by Gasteiger charge is 2.16. The zero-order chi connectivity index (χ0) is 10.7. The standard InChI is InChI=1S/C12H14N2O/c1-10(11-5-3-2-4-6-11)12(15)14-8-7-13-9-14/h2-10,12,15H,1H3. The van der Waals surface area contributed by atoms with Gasteiger partial charge in [0.05, 0.1) is 6.33 Å². The lowest BCUT2D eigenvalue weighted by Gasteiger charge is -2.20. The molecular formula is C12H14N2O. The van der Waals surface area contributed by atoms with Crippen LogP contribution >= 0.6 is 0 Å². The first-order chi connectivity index (χ1) is 7.29. The van der Waals surface area contributed by atoms with E-state index in [9.17, 15) is 5.11 Å². The zero-order valence-electron chi connectivity index (χ0n) is 8.62. The molecule has 0 aliphatic rings. The van der Waals surface area contributed by atoms with Crippen molar-refractivity contribution in [3.05, 3.63) is 54.6 Å². The normalized spacial score (nSPS) is 14.8. The molecular weight excluding hydrogens is 188 g/mol. The van der Waals surface area contributed by atoms with Gasteiger partial charge in [-0.2, -0.15) is 0 Å². The van der Waals surface area contributed by atoms with Gasteiger partial charge in [-0.15, -0.1) is 0 Å². The molecule has 1 heterocycles. The molecule has 0 aliphatic carbocycles. The van der Waals surface area contributed by atoms with E-state index in [2.05, 4.69) is 4.98 Å². The Morgan fingerprint density at radius 1 is 1.27 bits per heavy atom. The van der Waals surface area contributed by atoms with Crippen molar-refractivity contribution in [1.82, 2.24) is 9.55 Å². The Labute approximate surface area is 89.0 Å². The summed E-state index contributed by atoms with van der Waals surface area (Å²) < 4.78 is 1.71. The molecule has 78 valence electrons. The number of rotatable bonds is 3. The van der Waals surface area contributed by atoms with Crippen molar-refractivity contribution in [2.24, 2.45) is 0 Å². The van der Waals surface area contributed by atoms with Gasteiger partial charge in [-0.3, -0.25) is 0 Å². The molecule has 2 unspecified atom stereocenters. The Morgan fingerprint density at radius 2 is 2.00 bits per heavy atom. The Bertz CT molecular complexity index is 397. The van der Waals surface area contributed by atoms with E-state index in [1.54, 1.807) is 23.3 Å². The Balaban J connectivity index is 2.18. The van der Waals surface area contributed by atoms with Gasteiger partial charge in [-0.25, -0.2) is 4.98 Å². The average Bonchev–Trinajstić information content (AvgIpc) is 2.82. The van der Waals surface area contributed by atoms with Gasteiger partial charge in [0.2, 0.25) is 0 Å². The van der Waals surface area contributed by atoms with E-state index < -0.39 is 6.23 Å². The minimum absolute atomic E-state index is 0.0559. The van der Waals surface area contributed by atoms with Crippen molar-refractivity contribution in [2.75, 3.05) is 0 Å². The van der Waals surface area contributed by atoms with Gasteiger partial charge < -0.3 is 9.67 Å². The van der Waals surface area contributed by atoms with Crippen LogP contribution in [0.4, 0.5) is 0 Å². The van der Waals surface area contributed by atoms with E-state index in [0.717, 1.165) is 5.56 Å². The fourth-order valence-corrected chi connectivity index (χ4v) is 1.61. The largest absolute Gasteiger partial charge is 0.373 e. The molecule has 1 N–H and O–H groups in total. The van der Waals surface area contributed by atoms with Crippen LogP contribution in [0.3, 0.4) is 0 Å². The quantitative estimate of drug-likeness (QED) is 0.828. The van der Waals surface area contributed by atoms with Gasteiger partial charge in [0.15, 0.2) is 0 Å². The minimum Gasteiger partial charge on any atom is -0.373 e. The summed E-state index contributed by atoms with van der Waals surface area (Å²) in [6.07, 6.45) is 4.50. The molecule has 3 nitrogen and oxygen atoms in total. The Kier molecular flexibility index (Phi) is 2.83. The first-order valence-corrected chi connectivity index (χ1v) is 4.99. The van der Waals surface area contributed by atoms with Crippen LogP contribution < -0.4 is 0 Å². The summed E-state index contributed by atoms with van der Waals surface area (Å²) in [5.74, 6) is 0.0559. The number of hydrogen-bond acceptors (Lipinski definition) is 2. The van der Waals surface area contributed by atoms with Gasteiger partial charge in [0.25, 0.3) is 0 Å². The molecule has 1 aromatic carbocycles. The second-order valence-corrected chi connectivity index (χ2v) is 3.62. The second kappa shape index (κ2) is 4.28. The average molecular weight is 202 g/mol. The summed E-state index contributed by atoms with van der Waals surface area (Å²) in [6, 6.07) is 9.97. The van der Waals surface area contributed by atoms with Crippen LogP contribution in [0.15, 0.2) is 49.1 Å². The molecule has 3 heteroatoms. The molecule has 2 aromatic rings. The summed E-state index contributed by atoms with van der Waals surface area (Å²) in [5.41, 5.74) is 1.12. The molecule has 2 atom stereocenters. The molecule has 2 rings (SSSR count). The fourth-order valence-electron chi connectivity index (χ4n) is 1.61. The van der Waals surface area contributed by atoms with Crippen molar-refractivity contribution in [1.29, 1.82) is 0 Å². The third-order valence-electron chi connectivity index (χ3n) is 2.60. The monoisotopic (exact) mass is 202 g/mol. The van der Waals surface area contributed by atoms with Crippen LogP contribution in [0.1, 0.15) is 24.6 Å². The topological polar surface area (TPSA) is 38.0 Å². The number of benzene rings is 1. The highest BCUT2D eigenvalue weighted by molar-refractivity contribution is 5.19. The van der Waals surface area contributed by atoms with Crippen molar-refractivity contribution in [2.45, 2.75) is 19.1 Å². The maximum Gasteiger partial charge on any atom is 0.138 e. The third kappa shape index (κ3) is 2.07. The summed E-state index contributed by atoms with van der Waals surface area (Å²) in [5, 5.41) is 10.1. The molecule has 0 spiro atoms. The SMILES string of the molecule is CC(c1ccccc1)C(O)n1ccnc1. The number of aromatic nitrogens is 2. The molecule has 0 amide bonds. The van der Waals surface area contributed by atoms with Gasteiger partial charge in [0.1, 0.15) is 6.23 Å². The van der Waals surface area contributed by atoms with E-state index in [1.807, 2.05) is 37.3 Å². The van der Waals surface area contributed by atoms with Crippen LogP contribution in [-0.4, -0.2) is 14.7 Å². The van der Waals surface area contributed by atoms with E-state index >= 15 is 0 Å². The van der Waals surface area contributed by atoms with Crippen molar-refractivity contribution in [3.63, 3.8) is 0 Å².